The van der Waals surface area contributed by atoms with Crippen molar-refractivity contribution in [3.63, 3.8) is 0 Å². The van der Waals surface area contributed by atoms with E-state index in [2.05, 4.69) is 4.74 Å². The monoisotopic (exact) mass is 206 g/mol. The summed E-state index contributed by atoms with van der Waals surface area (Å²) in [4.78, 5) is 10.9. The Bertz CT molecular complexity index is 352. The number of hydrogen-bond donors (Lipinski definition) is 1. The molecule has 0 unspecified atom stereocenters. The van der Waals surface area contributed by atoms with Gasteiger partial charge in [-0.15, -0.1) is 0 Å². The van der Waals surface area contributed by atoms with Crippen LogP contribution in [-0.2, 0) is 9.53 Å². The minimum Gasteiger partial charge on any atom is -0.467 e. The zero-order chi connectivity index (χ0) is 11.3. The second-order valence-corrected chi connectivity index (χ2v) is 3.24. The van der Waals surface area contributed by atoms with Gasteiger partial charge in [0.1, 0.15) is 0 Å². The van der Waals surface area contributed by atoms with Crippen LogP contribution in [0.1, 0.15) is 11.1 Å². The van der Waals surface area contributed by atoms with Gasteiger partial charge in [0.05, 0.1) is 7.11 Å². The topological polar surface area (TPSA) is 46.5 Å². The highest BCUT2D eigenvalue weighted by Gasteiger charge is 2.09. The summed E-state index contributed by atoms with van der Waals surface area (Å²) in [6.45, 7) is 2.00. The van der Waals surface area contributed by atoms with Crippen molar-refractivity contribution in [1.29, 1.82) is 0 Å². The van der Waals surface area contributed by atoms with Crippen LogP contribution in [0, 0.1) is 6.92 Å². The fraction of sp³-hybridized carbons (Fsp3) is 0.250. The first-order valence-corrected chi connectivity index (χ1v) is 4.64. The molecule has 0 amide bonds. The number of aryl methyl sites for hydroxylation is 1. The number of carbonyl (C=O) groups excluding carboxylic acids is 1. The summed E-state index contributed by atoms with van der Waals surface area (Å²) < 4.78 is 4.38. The quantitative estimate of drug-likeness (QED) is 0.763. The van der Waals surface area contributed by atoms with Crippen molar-refractivity contribution in [2.45, 2.75) is 13.0 Å². The average molecular weight is 206 g/mol. The van der Waals surface area contributed by atoms with Crippen molar-refractivity contribution in [3.8, 4) is 0 Å². The highest BCUT2D eigenvalue weighted by Crippen LogP contribution is 2.05. The van der Waals surface area contributed by atoms with Crippen LogP contribution in [0.4, 0.5) is 0 Å². The predicted molar refractivity (Wildman–Crippen MR) is 58.2 cm³/mol. The maximum Gasteiger partial charge on any atom is 0.338 e. The molecule has 1 rings (SSSR count). The molecule has 3 nitrogen and oxygen atoms in total. The molecule has 0 aliphatic heterocycles. The molecule has 0 radical (unpaired) electrons. The third-order valence-corrected chi connectivity index (χ3v) is 1.99. The number of benzene rings is 1. The summed E-state index contributed by atoms with van der Waals surface area (Å²) in [5, 5.41) is 9.27. The molecule has 80 valence electrons. The van der Waals surface area contributed by atoms with Crippen LogP contribution in [0.3, 0.4) is 0 Å². The van der Waals surface area contributed by atoms with Crippen molar-refractivity contribution in [3.05, 3.63) is 41.5 Å². The number of aliphatic hydroxyl groups excluding tert-OH is 1. The van der Waals surface area contributed by atoms with Gasteiger partial charge in [-0.05, 0) is 18.6 Å². The second kappa shape index (κ2) is 5.32. The van der Waals surface area contributed by atoms with Gasteiger partial charge in [-0.25, -0.2) is 4.79 Å². The van der Waals surface area contributed by atoms with Crippen LogP contribution in [-0.4, -0.2) is 24.3 Å². The Morgan fingerprint density at radius 3 is 2.53 bits per heavy atom. The molecule has 0 saturated carbocycles. The Morgan fingerprint density at radius 1 is 1.40 bits per heavy atom. The van der Waals surface area contributed by atoms with Gasteiger partial charge in [0.2, 0.25) is 0 Å². The zero-order valence-electron chi connectivity index (χ0n) is 8.81. The van der Waals surface area contributed by atoms with E-state index in [1.54, 1.807) is 6.08 Å². The highest BCUT2D eigenvalue weighted by molar-refractivity contribution is 5.77. The van der Waals surface area contributed by atoms with Crippen molar-refractivity contribution >= 4 is 12.0 Å². The van der Waals surface area contributed by atoms with E-state index in [0.717, 1.165) is 5.56 Å². The van der Waals surface area contributed by atoms with E-state index in [1.807, 2.05) is 31.2 Å². The maximum atomic E-state index is 10.9. The molecule has 0 heterocycles. The lowest BCUT2D eigenvalue weighted by Crippen LogP contribution is -2.18. The zero-order valence-corrected chi connectivity index (χ0v) is 8.81. The number of rotatable bonds is 3. The van der Waals surface area contributed by atoms with E-state index in [0.29, 0.717) is 0 Å². The van der Waals surface area contributed by atoms with E-state index in [-0.39, 0.29) is 0 Å². The molecule has 15 heavy (non-hydrogen) atoms. The molecule has 0 fully saturated rings. The molecule has 1 N–H and O–H groups in total. The number of esters is 1. The van der Waals surface area contributed by atoms with Crippen LogP contribution in [0.5, 0.6) is 0 Å². The first kappa shape index (κ1) is 11.5. The van der Waals surface area contributed by atoms with E-state index in [1.165, 1.54) is 18.7 Å². The largest absolute Gasteiger partial charge is 0.467 e. The SMILES string of the molecule is COC(=O)[C@@H](O)C=Cc1ccc(C)cc1. The molecule has 1 aromatic carbocycles. The number of carbonyl (C=O) groups is 1. The molecule has 0 saturated heterocycles. The minimum absolute atomic E-state index is 0.654. The summed E-state index contributed by atoms with van der Waals surface area (Å²) in [5.41, 5.74) is 2.10. The molecule has 0 spiro atoms. The van der Waals surface area contributed by atoms with Gasteiger partial charge in [0.15, 0.2) is 6.10 Å². The normalized spacial score (nSPS) is 12.7. The van der Waals surface area contributed by atoms with E-state index in [9.17, 15) is 9.90 Å². The first-order valence-electron chi connectivity index (χ1n) is 4.64. The first-order chi connectivity index (χ1) is 7.13. The molecule has 0 aliphatic rings. The highest BCUT2D eigenvalue weighted by atomic mass is 16.5. The van der Waals surface area contributed by atoms with Gasteiger partial charge >= 0.3 is 5.97 Å². The Balaban J connectivity index is 2.65. The van der Waals surface area contributed by atoms with Gasteiger partial charge in [0, 0.05) is 0 Å². The summed E-state index contributed by atoms with van der Waals surface area (Å²) in [6.07, 6.45) is 1.88. The van der Waals surface area contributed by atoms with Crippen LogP contribution in [0.15, 0.2) is 30.3 Å². The Labute approximate surface area is 89.0 Å². The molecule has 0 aromatic heterocycles. The van der Waals surface area contributed by atoms with Crippen LogP contribution in [0.2, 0.25) is 0 Å². The van der Waals surface area contributed by atoms with Crippen LogP contribution in [0.25, 0.3) is 6.08 Å². The second-order valence-electron chi connectivity index (χ2n) is 3.24. The molecular weight excluding hydrogens is 192 g/mol. The van der Waals surface area contributed by atoms with Gasteiger partial charge < -0.3 is 9.84 Å². The third kappa shape index (κ3) is 3.56. The fourth-order valence-corrected chi connectivity index (χ4v) is 1.08. The predicted octanol–water partition coefficient (Wildman–Crippen LogP) is 1.54. The van der Waals surface area contributed by atoms with Crippen molar-refractivity contribution in [2.24, 2.45) is 0 Å². The van der Waals surface area contributed by atoms with E-state index < -0.39 is 12.1 Å². The van der Waals surface area contributed by atoms with Crippen molar-refractivity contribution in [2.75, 3.05) is 7.11 Å². The van der Waals surface area contributed by atoms with Gasteiger partial charge in [-0.3, -0.25) is 0 Å². The van der Waals surface area contributed by atoms with Gasteiger partial charge in [0.25, 0.3) is 0 Å². The molecule has 0 bridgehead atoms. The molecule has 3 heteroatoms. The molecule has 1 atom stereocenters. The van der Waals surface area contributed by atoms with Gasteiger partial charge in [-0.2, -0.15) is 0 Å². The van der Waals surface area contributed by atoms with E-state index >= 15 is 0 Å². The van der Waals surface area contributed by atoms with Gasteiger partial charge in [-0.1, -0.05) is 35.9 Å². The fourth-order valence-electron chi connectivity index (χ4n) is 1.08. The Morgan fingerprint density at radius 2 is 2.00 bits per heavy atom. The smallest absolute Gasteiger partial charge is 0.338 e. The van der Waals surface area contributed by atoms with Crippen LogP contribution < -0.4 is 0 Å². The summed E-state index contributed by atoms with van der Waals surface area (Å²) >= 11 is 0. The lowest BCUT2D eigenvalue weighted by molar-refractivity contribution is -0.147. The summed E-state index contributed by atoms with van der Waals surface area (Å²) in [5.74, 6) is -0.654. The van der Waals surface area contributed by atoms with Crippen LogP contribution >= 0.6 is 0 Å². The number of ether oxygens (including phenoxy) is 1. The molecular formula is C12H14O3. The maximum absolute atomic E-state index is 10.9. The average Bonchev–Trinajstić information content (AvgIpc) is 2.26. The Kier molecular flexibility index (Phi) is 4.06. The number of hydrogen-bond acceptors (Lipinski definition) is 3. The minimum atomic E-state index is -1.20. The summed E-state index contributed by atoms with van der Waals surface area (Å²) in [6, 6.07) is 7.75. The number of methoxy groups -OCH3 is 1. The summed E-state index contributed by atoms with van der Waals surface area (Å²) in [7, 11) is 1.24. The van der Waals surface area contributed by atoms with Crippen molar-refractivity contribution in [1.82, 2.24) is 0 Å². The lowest BCUT2D eigenvalue weighted by atomic mass is 10.1. The number of aliphatic hydroxyl groups is 1. The molecule has 1 aromatic rings. The van der Waals surface area contributed by atoms with E-state index in [4.69, 9.17) is 0 Å². The molecule has 0 aliphatic carbocycles. The standard InChI is InChI=1S/C12H14O3/c1-9-3-5-10(6-4-9)7-8-11(13)12(14)15-2/h3-8,11,13H,1-2H3/t11-/m0/s1. The van der Waals surface area contributed by atoms with Crippen molar-refractivity contribution < 1.29 is 14.6 Å². The third-order valence-electron chi connectivity index (χ3n) is 1.99. The Hall–Kier alpha value is -1.61. The lowest BCUT2D eigenvalue weighted by Gasteiger charge is -2.01.